The predicted octanol–water partition coefficient (Wildman–Crippen LogP) is 2.32. The number of carbonyl (C=O) groups excluding carboxylic acids is 3. The fourth-order valence-corrected chi connectivity index (χ4v) is 6.41. The normalized spacial score (nSPS) is 34.7. The Morgan fingerprint density at radius 3 is 2.56 bits per heavy atom. The third-order valence-electron chi connectivity index (χ3n) is 8.23. The maximum Gasteiger partial charge on any atom is 0.245 e. The van der Waals surface area contributed by atoms with Gasteiger partial charge in [-0.1, -0.05) is 45.4 Å². The number of rotatable bonds is 9. The van der Waals surface area contributed by atoms with Gasteiger partial charge < -0.3 is 25.4 Å². The summed E-state index contributed by atoms with van der Waals surface area (Å²) in [6, 6.07) is 7.76. The van der Waals surface area contributed by atoms with Crippen LogP contribution in [0.15, 0.2) is 30.3 Å². The molecule has 8 heteroatoms. The van der Waals surface area contributed by atoms with Crippen molar-refractivity contribution in [2.45, 2.75) is 76.7 Å². The highest BCUT2D eigenvalue weighted by molar-refractivity contribution is 6.02. The van der Waals surface area contributed by atoms with Crippen LogP contribution in [0.1, 0.15) is 53.4 Å². The molecule has 3 saturated heterocycles. The third-order valence-corrected chi connectivity index (χ3v) is 8.23. The first-order valence-corrected chi connectivity index (χ1v) is 12.5. The van der Waals surface area contributed by atoms with E-state index < -0.39 is 35.1 Å². The van der Waals surface area contributed by atoms with E-state index in [0.717, 1.165) is 12.8 Å². The lowest BCUT2D eigenvalue weighted by atomic mass is 9.62. The predicted molar refractivity (Wildman–Crippen MR) is 128 cm³/mol. The lowest BCUT2D eigenvalue weighted by Gasteiger charge is -2.36. The SMILES string of the molecule is CCCCNC(=O)C1N([C@@H](CC)CO)C(=O)[C@@H]2[C@@H](C(=O)Nc3ccccc3)[C@]3(C)OC12CC3C. The molecule has 0 radical (unpaired) electrons. The van der Waals surface area contributed by atoms with Crippen LogP contribution in [0.2, 0.25) is 0 Å². The molecule has 0 aliphatic carbocycles. The van der Waals surface area contributed by atoms with Gasteiger partial charge in [0, 0.05) is 12.2 Å². The molecule has 3 heterocycles. The second-order valence-corrected chi connectivity index (χ2v) is 10.2. The number of hydrogen-bond acceptors (Lipinski definition) is 5. The van der Waals surface area contributed by atoms with Crippen molar-refractivity contribution >= 4 is 23.4 Å². The minimum atomic E-state index is -1.09. The number of aliphatic hydroxyl groups excluding tert-OH is 1. The van der Waals surface area contributed by atoms with Crippen LogP contribution in [0.4, 0.5) is 5.69 Å². The molecule has 1 aromatic rings. The number of amides is 3. The van der Waals surface area contributed by atoms with Crippen LogP contribution < -0.4 is 10.6 Å². The van der Waals surface area contributed by atoms with Gasteiger partial charge in [0.2, 0.25) is 17.7 Å². The quantitative estimate of drug-likeness (QED) is 0.479. The second-order valence-electron chi connectivity index (χ2n) is 10.2. The first-order valence-electron chi connectivity index (χ1n) is 12.5. The van der Waals surface area contributed by atoms with Crippen molar-refractivity contribution in [3.8, 4) is 0 Å². The number of likely N-dealkylation sites (tertiary alicyclic amines) is 1. The molecule has 3 N–H and O–H groups in total. The Morgan fingerprint density at radius 2 is 1.94 bits per heavy atom. The second kappa shape index (κ2) is 9.30. The van der Waals surface area contributed by atoms with Crippen LogP contribution in [0.25, 0.3) is 0 Å². The number of carbonyl (C=O) groups is 3. The molecule has 3 aliphatic heterocycles. The number of aliphatic hydroxyl groups is 1. The molecule has 7 atom stereocenters. The summed E-state index contributed by atoms with van der Waals surface area (Å²) in [4.78, 5) is 42.7. The first kappa shape index (κ1) is 24.7. The van der Waals surface area contributed by atoms with Gasteiger partial charge in [0.25, 0.3) is 0 Å². The summed E-state index contributed by atoms with van der Waals surface area (Å²) in [5.74, 6) is -2.36. The molecule has 4 rings (SSSR count). The summed E-state index contributed by atoms with van der Waals surface area (Å²) in [7, 11) is 0. The highest BCUT2D eigenvalue weighted by atomic mass is 16.5. The van der Waals surface area contributed by atoms with Crippen molar-refractivity contribution in [2.75, 3.05) is 18.5 Å². The zero-order valence-electron chi connectivity index (χ0n) is 20.5. The Hall–Kier alpha value is -2.45. The molecule has 186 valence electrons. The van der Waals surface area contributed by atoms with Gasteiger partial charge in [-0.2, -0.15) is 0 Å². The summed E-state index contributed by atoms with van der Waals surface area (Å²) in [5.41, 5.74) is -1.31. The van der Waals surface area contributed by atoms with E-state index in [4.69, 9.17) is 4.74 Å². The number of unbranched alkanes of at least 4 members (excludes halogenated alkanes) is 1. The number of fused-ring (bicyclic) bond motifs is 1. The van der Waals surface area contributed by atoms with Crippen LogP contribution in [-0.4, -0.2) is 64.2 Å². The largest absolute Gasteiger partial charge is 0.394 e. The number of nitrogens with one attached hydrogen (secondary N) is 2. The monoisotopic (exact) mass is 471 g/mol. The molecule has 0 aromatic heterocycles. The van der Waals surface area contributed by atoms with E-state index in [1.807, 2.05) is 45.9 Å². The lowest BCUT2D eigenvalue weighted by molar-refractivity contribution is -0.149. The maximum absolute atomic E-state index is 14.0. The molecule has 0 saturated carbocycles. The van der Waals surface area contributed by atoms with Crippen LogP contribution >= 0.6 is 0 Å². The summed E-state index contributed by atoms with van der Waals surface area (Å²) in [6.45, 7) is 8.11. The van der Waals surface area contributed by atoms with E-state index >= 15 is 0 Å². The van der Waals surface area contributed by atoms with E-state index in [9.17, 15) is 19.5 Å². The molecule has 3 fully saturated rings. The Morgan fingerprint density at radius 1 is 1.24 bits per heavy atom. The van der Waals surface area contributed by atoms with Crippen molar-refractivity contribution in [3.05, 3.63) is 30.3 Å². The molecule has 3 amide bonds. The van der Waals surface area contributed by atoms with E-state index in [1.54, 1.807) is 12.1 Å². The number of para-hydroxylation sites is 1. The fourth-order valence-electron chi connectivity index (χ4n) is 6.41. The van der Waals surface area contributed by atoms with Gasteiger partial charge in [0.1, 0.15) is 11.6 Å². The van der Waals surface area contributed by atoms with Gasteiger partial charge in [0.15, 0.2) is 0 Å². The van der Waals surface area contributed by atoms with Gasteiger partial charge in [-0.25, -0.2) is 0 Å². The smallest absolute Gasteiger partial charge is 0.245 e. The van der Waals surface area contributed by atoms with Gasteiger partial charge in [-0.3, -0.25) is 14.4 Å². The minimum absolute atomic E-state index is 0.0248. The lowest BCUT2D eigenvalue weighted by Crippen LogP contribution is -2.58. The van der Waals surface area contributed by atoms with Crippen molar-refractivity contribution in [1.82, 2.24) is 10.2 Å². The zero-order valence-corrected chi connectivity index (χ0v) is 20.5. The third kappa shape index (κ3) is 3.62. The van der Waals surface area contributed by atoms with Crippen molar-refractivity contribution in [3.63, 3.8) is 0 Å². The topological polar surface area (TPSA) is 108 Å². The summed E-state index contributed by atoms with van der Waals surface area (Å²) in [6.07, 6.45) is 2.77. The van der Waals surface area contributed by atoms with Crippen LogP contribution in [0.3, 0.4) is 0 Å². The summed E-state index contributed by atoms with van der Waals surface area (Å²) in [5, 5.41) is 16.0. The first-order chi connectivity index (χ1) is 16.2. The standard InChI is InChI=1S/C26H37N3O5/c1-5-7-13-27-23(32)21-26-14-16(3)25(4,34-26)19(22(31)28-17-11-9-8-10-12-17)20(26)24(33)29(21)18(6-2)15-30/h8-12,16,18-21,30H,5-7,13-15H2,1-4H3,(H,27,32)(H,28,31)/t16?,18-,19-,20-,21?,25+,26?/m0/s1. The molecule has 1 aromatic carbocycles. The number of ether oxygens (including phenoxy) is 1. The number of hydrogen-bond donors (Lipinski definition) is 3. The van der Waals surface area contributed by atoms with E-state index in [2.05, 4.69) is 10.6 Å². The summed E-state index contributed by atoms with van der Waals surface area (Å²) < 4.78 is 6.67. The Kier molecular flexibility index (Phi) is 6.75. The van der Waals surface area contributed by atoms with E-state index in [1.165, 1.54) is 4.90 Å². The van der Waals surface area contributed by atoms with Crippen LogP contribution in [0.5, 0.6) is 0 Å². The highest BCUT2D eigenvalue weighted by Crippen LogP contribution is 2.65. The molecule has 34 heavy (non-hydrogen) atoms. The Labute approximate surface area is 201 Å². The molecule has 3 aliphatic rings. The van der Waals surface area contributed by atoms with Crippen molar-refractivity contribution in [1.29, 1.82) is 0 Å². The van der Waals surface area contributed by atoms with Crippen molar-refractivity contribution in [2.24, 2.45) is 17.8 Å². The van der Waals surface area contributed by atoms with Gasteiger partial charge in [0.05, 0.1) is 30.1 Å². The molecule has 1 spiro atoms. The Balaban J connectivity index is 1.74. The maximum atomic E-state index is 14.0. The highest BCUT2D eigenvalue weighted by Gasteiger charge is 2.80. The molecule has 3 unspecified atom stereocenters. The van der Waals surface area contributed by atoms with Crippen LogP contribution in [0, 0.1) is 17.8 Å². The van der Waals surface area contributed by atoms with Gasteiger partial charge in [-0.15, -0.1) is 0 Å². The number of nitrogens with zero attached hydrogens (tertiary/aromatic N) is 1. The van der Waals surface area contributed by atoms with E-state index in [0.29, 0.717) is 25.1 Å². The van der Waals surface area contributed by atoms with E-state index in [-0.39, 0.29) is 30.2 Å². The van der Waals surface area contributed by atoms with Gasteiger partial charge in [-0.05, 0) is 44.2 Å². The average molecular weight is 472 g/mol. The van der Waals surface area contributed by atoms with Crippen molar-refractivity contribution < 1.29 is 24.2 Å². The number of benzene rings is 1. The molecule has 2 bridgehead atoms. The number of anilines is 1. The minimum Gasteiger partial charge on any atom is -0.394 e. The zero-order chi connectivity index (χ0) is 24.7. The molecular formula is C26H37N3O5. The van der Waals surface area contributed by atoms with Gasteiger partial charge >= 0.3 is 0 Å². The Bertz CT molecular complexity index is 936. The fraction of sp³-hybridized carbons (Fsp3) is 0.654. The average Bonchev–Trinajstić information content (AvgIpc) is 3.33. The molecular weight excluding hydrogens is 434 g/mol. The summed E-state index contributed by atoms with van der Waals surface area (Å²) >= 11 is 0. The van der Waals surface area contributed by atoms with Crippen LogP contribution in [-0.2, 0) is 19.1 Å². The molecule has 8 nitrogen and oxygen atoms in total.